The molecule has 1 N–H and O–H groups in total. The summed E-state index contributed by atoms with van der Waals surface area (Å²) in [5.74, 6) is 0.759. The van der Waals surface area contributed by atoms with E-state index in [1.165, 1.54) is 45.1 Å². The van der Waals surface area contributed by atoms with Gasteiger partial charge in [0.05, 0.1) is 12.2 Å². The molecule has 1 saturated heterocycles. The van der Waals surface area contributed by atoms with E-state index in [0.717, 1.165) is 31.6 Å². The van der Waals surface area contributed by atoms with Crippen LogP contribution in [0.5, 0.6) is 0 Å². The Morgan fingerprint density at radius 1 is 1.10 bits per heavy atom. The van der Waals surface area contributed by atoms with Gasteiger partial charge in [-0.1, -0.05) is 33.6 Å². The molecule has 0 spiro atoms. The van der Waals surface area contributed by atoms with Crippen LogP contribution in [0.15, 0.2) is 0 Å². The van der Waals surface area contributed by atoms with Gasteiger partial charge in [0.2, 0.25) is 0 Å². The topological polar surface area (TPSA) is 24.5 Å². The highest BCUT2D eigenvalue weighted by atomic mass is 16.5. The first-order valence-corrected chi connectivity index (χ1v) is 8.79. The average molecular weight is 282 g/mol. The fraction of sp³-hybridized carbons (Fsp3) is 1.00. The zero-order valence-corrected chi connectivity index (χ0v) is 13.7. The van der Waals surface area contributed by atoms with Gasteiger partial charge in [0, 0.05) is 25.7 Å². The van der Waals surface area contributed by atoms with E-state index in [9.17, 15) is 0 Å². The van der Waals surface area contributed by atoms with Crippen LogP contribution < -0.4 is 5.32 Å². The smallest absolute Gasteiger partial charge is 0.0707 e. The molecule has 3 heteroatoms. The van der Waals surface area contributed by atoms with Gasteiger partial charge in [-0.2, -0.15) is 0 Å². The van der Waals surface area contributed by atoms with Crippen LogP contribution in [0.3, 0.4) is 0 Å². The molecule has 2 unspecified atom stereocenters. The van der Waals surface area contributed by atoms with Crippen molar-refractivity contribution >= 4 is 0 Å². The highest BCUT2D eigenvalue weighted by Crippen LogP contribution is 2.27. The summed E-state index contributed by atoms with van der Waals surface area (Å²) in [6.07, 6.45) is 9.06. The average Bonchev–Trinajstić information content (AvgIpc) is 3.06. The van der Waals surface area contributed by atoms with Crippen molar-refractivity contribution < 1.29 is 4.74 Å². The standard InChI is InChI=1S/C17H34N2O/c1-4-18-11-16-9-10-17(20-16)13-19(12-14(2)3)15-7-5-6-8-15/h14-18H,4-13H2,1-3H3. The largest absolute Gasteiger partial charge is 0.372 e. The van der Waals surface area contributed by atoms with Gasteiger partial charge >= 0.3 is 0 Å². The van der Waals surface area contributed by atoms with Crippen LogP contribution in [0, 0.1) is 5.92 Å². The van der Waals surface area contributed by atoms with Crippen molar-refractivity contribution in [2.75, 3.05) is 26.2 Å². The van der Waals surface area contributed by atoms with Gasteiger partial charge in [-0.15, -0.1) is 0 Å². The molecule has 2 atom stereocenters. The molecule has 0 radical (unpaired) electrons. The van der Waals surface area contributed by atoms with Gasteiger partial charge in [0.25, 0.3) is 0 Å². The molecular weight excluding hydrogens is 248 g/mol. The summed E-state index contributed by atoms with van der Waals surface area (Å²) < 4.78 is 6.23. The molecule has 1 saturated carbocycles. The molecule has 0 aromatic rings. The second-order valence-corrected chi connectivity index (χ2v) is 7.05. The lowest BCUT2D eigenvalue weighted by atomic mass is 10.1. The van der Waals surface area contributed by atoms with Crippen LogP contribution in [0.4, 0.5) is 0 Å². The number of hydrogen-bond donors (Lipinski definition) is 1. The summed E-state index contributed by atoms with van der Waals surface area (Å²) >= 11 is 0. The molecule has 0 amide bonds. The summed E-state index contributed by atoms with van der Waals surface area (Å²) in [5.41, 5.74) is 0. The van der Waals surface area contributed by atoms with E-state index in [1.807, 2.05) is 0 Å². The first-order valence-electron chi connectivity index (χ1n) is 8.79. The van der Waals surface area contributed by atoms with Crippen LogP contribution in [-0.4, -0.2) is 49.3 Å². The molecule has 118 valence electrons. The highest BCUT2D eigenvalue weighted by molar-refractivity contribution is 4.83. The van der Waals surface area contributed by atoms with E-state index in [4.69, 9.17) is 4.74 Å². The molecule has 0 aromatic heterocycles. The summed E-state index contributed by atoms with van der Waals surface area (Å²) in [6.45, 7) is 11.3. The van der Waals surface area contributed by atoms with Crippen molar-refractivity contribution in [3.63, 3.8) is 0 Å². The summed E-state index contributed by atoms with van der Waals surface area (Å²) in [4.78, 5) is 2.73. The van der Waals surface area contributed by atoms with Crippen molar-refractivity contribution in [2.24, 2.45) is 5.92 Å². The Labute approximate surface area is 125 Å². The molecule has 0 aromatic carbocycles. The van der Waals surface area contributed by atoms with Crippen LogP contribution in [0.25, 0.3) is 0 Å². The summed E-state index contributed by atoms with van der Waals surface area (Å²) in [5, 5.41) is 3.41. The molecular formula is C17H34N2O. The number of likely N-dealkylation sites (N-methyl/N-ethyl adjacent to an activating group) is 1. The van der Waals surface area contributed by atoms with Crippen LogP contribution in [0.2, 0.25) is 0 Å². The van der Waals surface area contributed by atoms with Crippen molar-refractivity contribution in [3.8, 4) is 0 Å². The molecule has 3 nitrogen and oxygen atoms in total. The van der Waals surface area contributed by atoms with Crippen LogP contribution in [0.1, 0.15) is 59.3 Å². The number of nitrogens with zero attached hydrogens (tertiary/aromatic N) is 1. The molecule has 2 rings (SSSR count). The lowest BCUT2D eigenvalue weighted by molar-refractivity contribution is 0.0121. The Bertz CT molecular complexity index is 264. The fourth-order valence-corrected chi connectivity index (χ4v) is 3.74. The zero-order valence-electron chi connectivity index (χ0n) is 13.7. The van der Waals surface area contributed by atoms with Gasteiger partial charge in [-0.25, -0.2) is 0 Å². The van der Waals surface area contributed by atoms with E-state index in [0.29, 0.717) is 12.2 Å². The predicted octanol–water partition coefficient (Wildman–Crippen LogP) is 3.04. The third-order valence-corrected chi connectivity index (χ3v) is 4.70. The number of hydrogen-bond acceptors (Lipinski definition) is 3. The normalized spacial score (nSPS) is 28.1. The Morgan fingerprint density at radius 2 is 1.80 bits per heavy atom. The third kappa shape index (κ3) is 5.01. The maximum atomic E-state index is 6.23. The lowest BCUT2D eigenvalue weighted by Gasteiger charge is -2.32. The molecule has 2 aliphatic rings. The lowest BCUT2D eigenvalue weighted by Crippen LogP contribution is -2.41. The van der Waals surface area contributed by atoms with Crippen molar-refractivity contribution in [3.05, 3.63) is 0 Å². The van der Waals surface area contributed by atoms with E-state index in [1.54, 1.807) is 0 Å². The van der Waals surface area contributed by atoms with Crippen molar-refractivity contribution in [1.82, 2.24) is 10.2 Å². The monoisotopic (exact) mass is 282 g/mol. The quantitative estimate of drug-likeness (QED) is 0.740. The second-order valence-electron chi connectivity index (χ2n) is 7.05. The van der Waals surface area contributed by atoms with Gasteiger partial charge in [-0.3, -0.25) is 4.90 Å². The van der Waals surface area contributed by atoms with Gasteiger partial charge in [0.15, 0.2) is 0 Å². The van der Waals surface area contributed by atoms with Gasteiger partial charge in [0.1, 0.15) is 0 Å². The molecule has 0 bridgehead atoms. The summed E-state index contributed by atoms with van der Waals surface area (Å²) in [6, 6.07) is 0.828. The Kier molecular flexibility index (Phi) is 6.79. The van der Waals surface area contributed by atoms with E-state index in [-0.39, 0.29) is 0 Å². The molecule has 20 heavy (non-hydrogen) atoms. The minimum atomic E-state index is 0.449. The van der Waals surface area contributed by atoms with Crippen LogP contribution in [-0.2, 0) is 4.74 Å². The fourth-order valence-electron chi connectivity index (χ4n) is 3.74. The maximum absolute atomic E-state index is 6.23. The minimum Gasteiger partial charge on any atom is -0.372 e. The first-order chi connectivity index (χ1) is 9.69. The van der Waals surface area contributed by atoms with Crippen LogP contribution >= 0.6 is 0 Å². The Balaban J connectivity index is 1.78. The predicted molar refractivity (Wildman–Crippen MR) is 85.1 cm³/mol. The second kappa shape index (κ2) is 8.35. The van der Waals surface area contributed by atoms with Gasteiger partial charge in [-0.05, 0) is 38.1 Å². The molecule has 1 aliphatic carbocycles. The number of nitrogens with one attached hydrogen (secondary N) is 1. The Hall–Kier alpha value is -0.120. The minimum absolute atomic E-state index is 0.449. The SMILES string of the molecule is CCNCC1CCC(CN(CC(C)C)C2CCCC2)O1. The number of ether oxygens (including phenoxy) is 1. The maximum Gasteiger partial charge on any atom is 0.0707 e. The molecule has 1 heterocycles. The van der Waals surface area contributed by atoms with E-state index >= 15 is 0 Å². The van der Waals surface area contributed by atoms with Gasteiger partial charge < -0.3 is 10.1 Å². The first kappa shape index (κ1) is 16.3. The van der Waals surface area contributed by atoms with E-state index in [2.05, 4.69) is 31.0 Å². The zero-order chi connectivity index (χ0) is 14.4. The highest BCUT2D eigenvalue weighted by Gasteiger charge is 2.30. The third-order valence-electron chi connectivity index (χ3n) is 4.70. The van der Waals surface area contributed by atoms with E-state index < -0.39 is 0 Å². The Morgan fingerprint density at radius 3 is 2.45 bits per heavy atom. The van der Waals surface area contributed by atoms with Crippen molar-refractivity contribution in [2.45, 2.75) is 77.5 Å². The van der Waals surface area contributed by atoms with Crippen molar-refractivity contribution in [1.29, 1.82) is 0 Å². The number of rotatable bonds is 8. The molecule has 1 aliphatic heterocycles. The molecule has 2 fully saturated rings. The summed E-state index contributed by atoms with van der Waals surface area (Å²) in [7, 11) is 0.